The number of aromatic nitrogens is 8. The van der Waals surface area contributed by atoms with Gasteiger partial charge < -0.3 is 40.3 Å². The second-order valence-corrected chi connectivity index (χ2v) is 17.2. The van der Waals surface area contributed by atoms with Crippen LogP contribution in [0.4, 0.5) is 29.7 Å². The maximum absolute atomic E-state index is 13.4. The van der Waals surface area contributed by atoms with E-state index in [1.807, 2.05) is 19.4 Å². The van der Waals surface area contributed by atoms with Crippen LogP contribution in [0.25, 0.3) is 0 Å². The van der Waals surface area contributed by atoms with Crippen molar-refractivity contribution in [2.24, 2.45) is 33.9 Å². The summed E-state index contributed by atoms with van der Waals surface area (Å²) in [5.41, 5.74) is 13.3. The molecule has 0 bridgehead atoms. The molecule has 0 fully saturated rings. The van der Waals surface area contributed by atoms with Crippen molar-refractivity contribution in [3.05, 3.63) is 159 Å². The van der Waals surface area contributed by atoms with Crippen molar-refractivity contribution in [2.45, 2.75) is 63.8 Å². The van der Waals surface area contributed by atoms with E-state index in [9.17, 15) is 28.0 Å². The van der Waals surface area contributed by atoms with Gasteiger partial charge in [0.25, 0.3) is 11.8 Å². The highest BCUT2D eigenvalue weighted by molar-refractivity contribution is 6.31. The van der Waals surface area contributed by atoms with Crippen molar-refractivity contribution in [3.63, 3.8) is 0 Å². The Hall–Kier alpha value is -7.29. The Morgan fingerprint density at radius 2 is 1.25 bits per heavy atom. The SMILES string of the molecule is Cn1cc2c(c1C(=O)Nc1ccc(F)c(Cl)c1)CCCC2N.Cn1ccc(COC(=O)NC2CCCc3c2cn(C)c3C(=O)Nc2ccc(F)c(Cl)c2)n1.Cn1ccc(COC(=O)n2ccnc2)n1. The molecule has 2 unspecified atom stereocenters. The number of nitrogens with one attached hydrogen (secondary N) is 3. The Balaban J connectivity index is 0.000000164. The lowest BCUT2D eigenvalue weighted by Crippen LogP contribution is -2.31. The number of carbonyl (C=O) groups excluding carboxylic acids is 4. The number of rotatable bonds is 9. The highest BCUT2D eigenvalue weighted by Gasteiger charge is 2.30. The van der Waals surface area contributed by atoms with Gasteiger partial charge >= 0.3 is 12.2 Å². The zero-order valence-electron chi connectivity index (χ0n) is 38.1. The van der Waals surface area contributed by atoms with E-state index in [2.05, 4.69) is 31.1 Å². The predicted octanol–water partition coefficient (Wildman–Crippen LogP) is 8.31. The Labute approximate surface area is 405 Å². The molecule has 2 aliphatic rings. The number of imidazole rings is 1. The van der Waals surface area contributed by atoms with Crippen LogP contribution in [0, 0.1) is 11.6 Å². The topological polar surface area (TPSA) is 212 Å². The van der Waals surface area contributed by atoms with Crippen LogP contribution < -0.4 is 21.7 Å². The largest absolute Gasteiger partial charge is 0.443 e. The van der Waals surface area contributed by atoms with Gasteiger partial charge in [0.15, 0.2) is 0 Å². The number of anilines is 2. The molecule has 69 heavy (non-hydrogen) atoms. The standard InChI is InChI=1S/C22H23ClFN5O3.C16H17ClFN3O.C9H10N4O2/c1-28-11-16-15(20(28)21(30)25-13-6-7-18(24)17(23)10-13)4-3-5-19(16)26-22(31)32-12-14-8-9-29(2)27-14;1-21-8-11-10(3-2-4-14(11)19)15(21)16(22)20-9-5-6-13(18)12(17)7-9;1-12-4-2-8(11-12)6-15-9(14)13-5-3-10-7-13/h6-11,19H,3-5,12H2,1-2H3,(H,25,30)(H,26,31);5-8,14H,2-4,19H2,1H3,(H,20,22);2-5,7H,6H2,1H3. The van der Waals surface area contributed by atoms with Gasteiger partial charge in [0.2, 0.25) is 0 Å². The number of benzene rings is 2. The van der Waals surface area contributed by atoms with Crippen LogP contribution in [0.5, 0.6) is 0 Å². The number of hydrogen-bond acceptors (Lipinski definition) is 10. The number of ether oxygens (including phenoxy) is 2. The van der Waals surface area contributed by atoms with Gasteiger partial charge in [-0.2, -0.15) is 10.2 Å². The lowest BCUT2D eigenvalue weighted by atomic mass is 9.89. The number of halogens is 4. The van der Waals surface area contributed by atoms with Crippen molar-refractivity contribution in [1.29, 1.82) is 0 Å². The molecule has 0 aliphatic heterocycles. The van der Waals surface area contributed by atoms with Gasteiger partial charge in [-0.05, 0) is 109 Å². The summed E-state index contributed by atoms with van der Waals surface area (Å²) in [6.07, 6.45) is 15.8. The number of fused-ring (bicyclic) bond motifs is 2. The van der Waals surface area contributed by atoms with Crippen LogP contribution in [-0.2, 0) is 63.7 Å². The molecule has 2 aromatic carbocycles. The molecule has 0 saturated carbocycles. The van der Waals surface area contributed by atoms with Crippen LogP contribution in [0.1, 0.15) is 92.4 Å². The van der Waals surface area contributed by atoms with Crippen LogP contribution in [0.3, 0.4) is 0 Å². The second kappa shape index (κ2) is 22.2. The molecule has 9 rings (SSSR count). The van der Waals surface area contributed by atoms with E-state index in [4.69, 9.17) is 38.4 Å². The van der Waals surface area contributed by atoms with Crippen LogP contribution >= 0.6 is 23.2 Å². The summed E-state index contributed by atoms with van der Waals surface area (Å²) in [5.74, 6) is -1.62. The summed E-state index contributed by atoms with van der Waals surface area (Å²) in [4.78, 5) is 53.0. The summed E-state index contributed by atoms with van der Waals surface area (Å²) < 4.78 is 45.0. The molecule has 5 heterocycles. The van der Waals surface area contributed by atoms with Crippen LogP contribution in [-0.4, -0.2) is 62.2 Å². The summed E-state index contributed by atoms with van der Waals surface area (Å²) in [7, 11) is 7.21. The molecule has 2 aliphatic carbocycles. The molecule has 18 nitrogen and oxygen atoms in total. The monoisotopic (exact) mass is 986 g/mol. The normalized spacial score (nSPS) is 14.7. The predicted molar refractivity (Wildman–Crippen MR) is 253 cm³/mol. The third kappa shape index (κ3) is 12.4. The summed E-state index contributed by atoms with van der Waals surface area (Å²) in [6, 6.07) is 11.4. The van der Waals surface area contributed by atoms with Crippen LogP contribution in [0.15, 0.2) is 92.0 Å². The van der Waals surface area contributed by atoms with E-state index in [0.29, 0.717) is 40.6 Å². The molecular formula is C47H50Cl2F2N12O6. The maximum Gasteiger partial charge on any atom is 0.419 e. The van der Waals surface area contributed by atoms with Gasteiger partial charge in [-0.25, -0.2) is 27.9 Å². The number of nitrogens with zero attached hydrogens (tertiary/aromatic N) is 8. The number of hydrogen-bond donors (Lipinski definition) is 4. The van der Waals surface area contributed by atoms with Gasteiger partial charge in [0, 0.05) is 82.8 Å². The number of amides is 3. The second-order valence-electron chi connectivity index (χ2n) is 16.4. The molecule has 2 atom stereocenters. The molecule has 7 aromatic rings. The van der Waals surface area contributed by atoms with Gasteiger partial charge in [-0.15, -0.1) is 0 Å². The zero-order chi connectivity index (χ0) is 49.4. The minimum Gasteiger partial charge on any atom is -0.443 e. The molecule has 5 N–H and O–H groups in total. The van der Waals surface area contributed by atoms with Crippen molar-refractivity contribution in [3.8, 4) is 0 Å². The molecule has 3 amide bonds. The highest BCUT2D eigenvalue weighted by Crippen LogP contribution is 2.35. The van der Waals surface area contributed by atoms with Gasteiger partial charge in [-0.3, -0.25) is 19.0 Å². The van der Waals surface area contributed by atoms with Gasteiger partial charge in [0.05, 0.1) is 27.5 Å². The number of alkyl carbamates (subject to hydrolysis) is 1. The van der Waals surface area contributed by atoms with Crippen molar-refractivity contribution < 1.29 is 37.4 Å². The Morgan fingerprint density at radius 1 is 0.725 bits per heavy atom. The van der Waals surface area contributed by atoms with Crippen LogP contribution in [0.2, 0.25) is 10.0 Å². The van der Waals surface area contributed by atoms with E-state index in [1.165, 1.54) is 59.7 Å². The zero-order valence-corrected chi connectivity index (χ0v) is 39.6. The summed E-state index contributed by atoms with van der Waals surface area (Å²) in [6.45, 7) is 0.243. The van der Waals surface area contributed by atoms with Gasteiger partial charge in [-0.1, -0.05) is 23.2 Å². The first-order valence-corrected chi connectivity index (χ1v) is 22.5. The van der Waals surface area contributed by atoms with Crippen molar-refractivity contribution in [1.82, 2.24) is 43.6 Å². The molecule has 0 saturated heterocycles. The third-order valence-electron chi connectivity index (χ3n) is 11.3. The lowest BCUT2D eigenvalue weighted by molar-refractivity contribution is 0.101. The summed E-state index contributed by atoms with van der Waals surface area (Å²) in [5, 5.41) is 16.6. The van der Waals surface area contributed by atoms with E-state index in [0.717, 1.165) is 54.4 Å². The number of nitrogens with two attached hydrogens (primary N) is 1. The molecule has 0 radical (unpaired) electrons. The fourth-order valence-corrected chi connectivity index (χ4v) is 8.45. The quantitative estimate of drug-likeness (QED) is 0.109. The highest BCUT2D eigenvalue weighted by atomic mass is 35.5. The molecule has 362 valence electrons. The average Bonchev–Trinajstić information content (AvgIpc) is 4.17. The smallest absolute Gasteiger partial charge is 0.419 e. The van der Waals surface area contributed by atoms with E-state index < -0.39 is 23.8 Å². The fourth-order valence-electron chi connectivity index (χ4n) is 8.09. The minimum atomic E-state index is -0.551. The summed E-state index contributed by atoms with van der Waals surface area (Å²) >= 11 is 11.6. The maximum atomic E-state index is 13.4. The first kappa shape index (κ1) is 49.6. The Kier molecular flexibility index (Phi) is 16.0. The average molecular weight is 988 g/mol. The van der Waals surface area contributed by atoms with E-state index in [1.54, 1.807) is 64.2 Å². The Bertz CT molecular complexity index is 2960. The lowest BCUT2D eigenvalue weighted by Gasteiger charge is -2.24. The van der Waals surface area contributed by atoms with Crippen molar-refractivity contribution in [2.75, 3.05) is 10.6 Å². The molecular weight excluding hydrogens is 937 g/mol. The van der Waals surface area contributed by atoms with E-state index in [-0.39, 0.29) is 47.2 Å². The number of carbonyl (C=O) groups is 4. The fraction of sp³-hybridized carbons (Fsp3) is 0.298. The third-order valence-corrected chi connectivity index (χ3v) is 11.9. The van der Waals surface area contributed by atoms with Gasteiger partial charge in [0.1, 0.15) is 42.6 Å². The Morgan fingerprint density at radius 3 is 1.75 bits per heavy atom. The number of aryl methyl sites for hydroxylation is 4. The van der Waals surface area contributed by atoms with E-state index >= 15 is 0 Å². The molecule has 5 aromatic heterocycles. The minimum absolute atomic E-state index is 0.0169. The molecule has 0 spiro atoms. The van der Waals surface area contributed by atoms with Crippen molar-refractivity contribution >= 4 is 58.6 Å². The first-order chi connectivity index (χ1) is 33.0. The molecule has 22 heteroatoms. The first-order valence-electron chi connectivity index (χ1n) is 21.7.